The van der Waals surface area contributed by atoms with Crippen LogP contribution in [0, 0.1) is 0 Å². The number of rotatable bonds is 3. The average Bonchev–Trinajstić information content (AvgIpc) is 3.79. The molecular formula is C36H22N4S2. The van der Waals surface area contributed by atoms with Crippen molar-refractivity contribution in [3.8, 4) is 32.5 Å². The fraction of sp³-hybridized carbons (Fsp3) is 0.0278. The molecule has 1 spiro atoms. The van der Waals surface area contributed by atoms with Gasteiger partial charge in [0.2, 0.25) is 5.95 Å². The van der Waals surface area contributed by atoms with E-state index in [0.717, 1.165) is 22.5 Å². The van der Waals surface area contributed by atoms with Crippen molar-refractivity contribution in [2.24, 2.45) is 0 Å². The van der Waals surface area contributed by atoms with Crippen molar-refractivity contribution >= 4 is 40.0 Å². The van der Waals surface area contributed by atoms with Crippen molar-refractivity contribution in [2.75, 3.05) is 4.90 Å². The van der Waals surface area contributed by atoms with Crippen molar-refractivity contribution in [3.05, 3.63) is 154 Å². The highest BCUT2D eigenvalue weighted by atomic mass is 32.1. The molecule has 9 rings (SSSR count). The maximum Gasteiger partial charge on any atom is 0.238 e. The Balaban J connectivity index is 1.35. The Morgan fingerprint density at radius 2 is 0.905 bits per heavy atom. The van der Waals surface area contributed by atoms with Crippen LogP contribution in [0.1, 0.15) is 22.3 Å². The Morgan fingerprint density at radius 3 is 1.40 bits per heavy atom. The van der Waals surface area contributed by atoms with Crippen LogP contribution in [0.3, 0.4) is 0 Å². The first-order valence-electron chi connectivity index (χ1n) is 13.9. The molecule has 3 aromatic heterocycles. The standard InChI is InChI=1S/C36H22N4S2/c1-3-11-23(12-4-1)33-37-34(24-13-5-2-6-14-24)39-35(38-33)40-29-17-9-7-15-25(29)36(26-16-8-10-18-30(26)40)27-19-21-41-31(27)32-28(36)20-22-42-32/h1-22H. The SMILES string of the molecule is c1ccc(-c2nc(-c3ccccc3)nc(N3c4ccccc4C4(c5ccccc53)c3ccsc3-c3sccc34)n2)cc1. The molecule has 0 unspecified atom stereocenters. The number of fused-ring (bicyclic) bond motifs is 9. The normalized spacial score (nSPS) is 13.9. The van der Waals surface area contributed by atoms with E-state index in [1.54, 1.807) is 0 Å². The summed E-state index contributed by atoms with van der Waals surface area (Å²) in [6, 6.07) is 42.5. The van der Waals surface area contributed by atoms with Crippen LogP contribution in [0.4, 0.5) is 17.3 Å². The van der Waals surface area contributed by atoms with Crippen molar-refractivity contribution in [1.29, 1.82) is 0 Å². The highest BCUT2D eigenvalue weighted by Gasteiger charge is 2.53. The predicted molar refractivity (Wildman–Crippen MR) is 172 cm³/mol. The van der Waals surface area contributed by atoms with Gasteiger partial charge in [0.1, 0.15) is 0 Å². The van der Waals surface area contributed by atoms with E-state index >= 15 is 0 Å². The molecule has 1 aliphatic heterocycles. The van der Waals surface area contributed by atoms with Crippen LogP contribution in [0.5, 0.6) is 0 Å². The van der Waals surface area contributed by atoms with Gasteiger partial charge < -0.3 is 0 Å². The van der Waals surface area contributed by atoms with E-state index in [4.69, 9.17) is 15.0 Å². The van der Waals surface area contributed by atoms with Crippen LogP contribution in [0.25, 0.3) is 32.5 Å². The third-order valence-corrected chi connectivity index (χ3v) is 10.3. The van der Waals surface area contributed by atoms with Crippen molar-refractivity contribution in [3.63, 3.8) is 0 Å². The summed E-state index contributed by atoms with van der Waals surface area (Å²) < 4.78 is 0. The lowest BCUT2D eigenvalue weighted by Crippen LogP contribution is -2.36. The van der Waals surface area contributed by atoms with Crippen LogP contribution < -0.4 is 4.90 Å². The smallest absolute Gasteiger partial charge is 0.238 e. The van der Waals surface area contributed by atoms with E-state index in [1.807, 2.05) is 59.1 Å². The number of hydrogen-bond acceptors (Lipinski definition) is 6. The second-order valence-electron chi connectivity index (χ2n) is 10.5. The van der Waals surface area contributed by atoms with E-state index in [1.165, 1.54) is 32.0 Å². The van der Waals surface area contributed by atoms with Gasteiger partial charge in [-0.25, -0.2) is 4.98 Å². The molecule has 1 aliphatic carbocycles. The average molecular weight is 575 g/mol. The summed E-state index contributed by atoms with van der Waals surface area (Å²) in [6.45, 7) is 0. The van der Waals surface area contributed by atoms with Crippen LogP contribution in [-0.2, 0) is 5.41 Å². The van der Waals surface area contributed by atoms with Crippen molar-refractivity contribution in [1.82, 2.24) is 15.0 Å². The second kappa shape index (κ2) is 9.05. The van der Waals surface area contributed by atoms with Gasteiger partial charge in [-0.1, -0.05) is 97.1 Å². The third-order valence-electron chi connectivity index (χ3n) is 8.33. The highest BCUT2D eigenvalue weighted by molar-refractivity contribution is 7.21. The number of nitrogens with zero attached hydrogens (tertiary/aromatic N) is 4. The summed E-state index contributed by atoms with van der Waals surface area (Å²) in [5.41, 5.74) is 8.87. The van der Waals surface area contributed by atoms with Crippen LogP contribution in [0.15, 0.2) is 132 Å². The lowest BCUT2D eigenvalue weighted by atomic mass is 9.65. The Bertz CT molecular complexity index is 1970. The van der Waals surface area contributed by atoms with Gasteiger partial charge in [-0.15, -0.1) is 22.7 Å². The lowest BCUT2D eigenvalue weighted by Gasteiger charge is -2.43. The van der Waals surface area contributed by atoms with Gasteiger partial charge in [0.25, 0.3) is 0 Å². The first-order valence-corrected chi connectivity index (χ1v) is 15.6. The largest absolute Gasteiger partial charge is 0.278 e. The van der Waals surface area contributed by atoms with Crippen LogP contribution in [-0.4, -0.2) is 15.0 Å². The van der Waals surface area contributed by atoms with Gasteiger partial charge in [0.15, 0.2) is 11.6 Å². The zero-order valence-electron chi connectivity index (χ0n) is 22.3. The van der Waals surface area contributed by atoms with E-state index in [2.05, 4.69) is 101 Å². The molecule has 0 fully saturated rings. The molecule has 198 valence electrons. The maximum absolute atomic E-state index is 5.14. The molecule has 42 heavy (non-hydrogen) atoms. The maximum atomic E-state index is 5.14. The quantitative estimate of drug-likeness (QED) is 0.211. The summed E-state index contributed by atoms with van der Waals surface area (Å²) in [5.74, 6) is 1.90. The fourth-order valence-corrected chi connectivity index (χ4v) is 8.74. The van der Waals surface area contributed by atoms with Gasteiger partial charge >= 0.3 is 0 Å². The first-order chi connectivity index (χ1) is 20.8. The van der Waals surface area contributed by atoms with E-state index in [9.17, 15) is 0 Å². The number of thiophene rings is 2. The lowest BCUT2D eigenvalue weighted by molar-refractivity contribution is 0.752. The molecule has 4 nitrogen and oxygen atoms in total. The molecule has 2 aliphatic rings. The van der Waals surface area contributed by atoms with Gasteiger partial charge in [0.05, 0.1) is 16.8 Å². The molecule has 4 aromatic carbocycles. The number of anilines is 3. The zero-order chi connectivity index (χ0) is 27.7. The molecule has 0 saturated heterocycles. The predicted octanol–water partition coefficient (Wildman–Crippen LogP) is 9.47. The van der Waals surface area contributed by atoms with Crippen LogP contribution in [0.2, 0.25) is 0 Å². The molecule has 7 aromatic rings. The van der Waals surface area contributed by atoms with Gasteiger partial charge in [0, 0.05) is 20.9 Å². The summed E-state index contributed by atoms with van der Waals surface area (Å²) in [7, 11) is 0. The summed E-state index contributed by atoms with van der Waals surface area (Å²) >= 11 is 3.67. The molecule has 0 bridgehead atoms. The zero-order valence-corrected chi connectivity index (χ0v) is 23.9. The van der Waals surface area contributed by atoms with Crippen molar-refractivity contribution < 1.29 is 0 Å². The van der Waals surface area contributed by atoms with E-state index in [0.29, 0.717) is 17.6 Å². The minimum absolute atomic E-state index is 0.397. The minimum Gasteiger partial charge on any atom is -0.278 e. The van der Waals surface area contributed by atoms with Crippen LogP contribution >= 0.6 is 22.7 Å². The Labute approximate surface area is 251 Å². The monoisotopic (exact) mass is 574 g/mol. The second-order valence-corrected chi connectivity index (χ2v) is 12.3. The Kier molecular flexibility index (Phi) is 5.12. The molecule has 0 atom stereocenters. The van der Waals surface area contributed by atoms with E-state index < -0.39 is 5.41 Å². The third kappa shape index (κ3) is 3.19. The molecular weight excluding hydrogens is 553 g/mol. The molecule has 4 heterocycles. The number of para-hydroxylation sites is 2. The summed E-state index contributed by atoms with van der Waals surface area (Å²) in [6.07, 6.45) is 0. The topological polar surface area (TPSA) is 41.9 Å². The van der Waals surface area contributed by atoms with Gasteiger partial charge in [-0.3, -0.25) is 4.90 Å². The highest BCUT2D eigenvalue weighted by Crippen LogP contribution is 2.65. The molecule has 0 radical (unpaired) electrons. The number of aromatic nitrogens is 3. The number of benzene rings is 4. The molecule has 0 saturated carbocycles. The Morgan fingerprint density at radius 1 is 0.452 bits per heavy atom. The summed E-state index contributed by atoms with van der Waals surface area (Å²) in [5, 5.41) is 4.47. The minimum atomic E-state index is -0.397. The van der Waals surface area contributed by atoms with E-state index in [-0.39, 0.29) is 0 Å². The fourth-order valence-electron chi connectivity index (χ4n) is 6.65. The van der Waals surface area contributed by atoms with Crippen molar-refractivity contribution in [2.45, 2.75) is 5.41 Å². The Hall–Kier alpha value is -4.91. The number of hydrogen-bond donors (Lipinski definition) is 0. The molecule has 0 N–H and O–H groups in total. The first kappa shape index (κ1) is 23.8. The van der Waals surface area contributed by atoms with Gasteiger partial charge in [-0.05, 0) is 57.3 Å². The molecule has 0 amide bonds. The van der Waals surface area contributed by atoms with Gasteiger partial charge in [-0.2, -0.15) is 9.97 Å². The molecule has 6 heteroatoms. The summed E-state index contributed by atoms with van der Waals surface area (Å²) in [4.78, 5) is 20.2.